The van der Waals surface area contributed by atoms with Crippen molar-refractivity contribution in [3.8, 4) is 0 Å². The Bertz CT molecular complexity index is 528. The van der Waals surface area contributed by atoms with Crippen LogP contribution in [0.3, 0.4) is 0 Å². The molecule has 106 valence electrons. The van der Waals surface area contributed by atoms with E-state index >= 15 is 0 Å². The fourth-order valence-electron chi connectivity index (χ4n) is 2.05. The van der Waals surface area contributed by atoms with E-state index in [2.05, 4.69) is 50.2 Å². The first kappa shape index (κ1) is 15.1. The zero-order chi connectivity index (χ0) is 14.5. The summed E-state index contributed by atoms with van der Waals surface area (Å²) in [4.78, 5) is 2.45. The lowest BCUT2D eigenvalue weighted by Gasteiger charge is -2.09. The summed E-state index contributed by atoms with van der Waals surface area (Å²) in [5.41, 5.74) is 2.36. The summed E-state index contributed by atoms with van der Waals surface area (Å²) in [7, 11) is 0. The molecule has 1 nitrogen and oxygen atoms in total. The number of aliphatic hydroxyl groups is 1. The van der Waals surface area contributed by atoms with Gasteiger partial charge in [-0.15, -0.1) is 0 Å². The second-order valence-electron chi connectivity index (χ2n) is 5.32. The molecule has 0 spiro atoms. The average molecular weight is 286 g/mol. The van der Waals surface area contributed by atoms with E-state index in [1.165, 1.54) is 15.4 Å². The van der Waals surface area contributed by atoms with Crippen LogP contribution in [0.4, 0.5) is 0 Å². The first-order chi connectivity index (χ1) is 9.60. The van der Waals surface area contributed by atoms with Crippen LogP contribution in [0.2, 0.25) is 0 Å². The average Bonchev–Trinajstić information content (AvgIpc) is 2.48. The van der Waals surface area contributed by atoms with Crippen LogP contribution in [-0.4, -0.2) is 5.11 Å². The molecule has 20 heavy (non-hydrogen) atoms. The fourth-order valence-corrected chi connectivity index (χ4v) is 2.87. The molecule has 0 heterocycles. The van der Waals surface area contributed by atoms with Crippen LogP contribution in [0, 0.1) is 0 Å². The second kappa shape index (κ2) is 6.96. The third-order valence-corrected chi connectivity index (χ3v) is 4.45. The van der Waals surface area contributed by atoms with Gasteiger partial charge in [0.15, 0.2) is 0 Å². The van der Waals surface area contributed by atoms with Crippen molar-refractivity contribution in [3.63, 3.8) is 0 Å². The summed E-state index contributed by atoms with van der Waals surface area (Å²) in [6.45, 7) is 6.41. The molecule has 0 aliphatic heterocycles. The molecule has 0 saturated heterocycles. The monoisotopic (exact) mass is 286 g/mol. The van der Waals surface area contributed by atoms with Crippen LogP contribution in [0.25, 0.3) is 0 Å². The van der Waals surface area contributed by atoms with Crippen molar-refractivity contribution in [2.45, 2.75) is 49.0 Å². The number of benzene rings is 2. The van der Waals surface area contributed by atoms with Gasteiger partial charge in [-0.2, -0.15) is 0 Å². The minimum Gasteiger partial charge on any atom is -0.388 e. The summed E-state index contributed by atoms with van der Waals surface area (Å²) in [6, 6.07) is 16.9. The maximum atomic E-state index is 9.79. The molecule has 0 saturated carbocycles. The van der Waals surface area contributed by atoms with E-state index < -0.39 is 0 Å². The molecule has 2 aromatic carbocycles. The van der Waals surface area contributed by atoms with Gasteiger partial charge in [-0.05, 0) is 47.7 Å². The predicted octanol–water partition coefficient (Wildman–Crippen LogP) is 5.40. The van der Waals surface area contributed by atoms with Gasteiger partial charge in [0.05, 0.1) is 6.10 Å². The molecule has 0 fully saturated rings. The molecule has 2 rings (SSSR count). The zero-order valence-corrected chi connectivity index (χ0v) is 13.2. The smallest absolute Gasteiger partial charge is 0.0787 e. The van der Waals surface area contributed by atoms with Crippen molar-refractivity contribution in [2.24, 2.45) is 0 Å². The topological polar surface area (TPSA) is 20.2 Å². The Labute approximate surface area is 126 Å². The highest BCUT2D eigenvalue weighted by atomic mass is 32.2. The fraction of sp³-hybridized carbons (Fsp3) is 0.333. The summed E-state index contributed by atoms with van der Waals surface area (Å²) < 4.78 is 0. The molecule has 0 aliphatic rings. The van der Waals surface area contributed by atoms with Gasteiger partial charge in [0.25, 0.3) is 0 Å². The normalized spacial score (nSPS) is 12.7. The number of hydrogen-bond donors (Lipinski definition) is 1. The van der Waals surface area contributed by atoms with Crippen molar-refractivity contribution < 1.29 is 5.11 Å². The number of aliphatic hydroxyl groups excluding tert-OH is 1. The molecule has 0 aliphatic carbocycles. The molecular formula is C18H22OS. The lowest BCUT2D eigenvalue weighted by Crippen LogP contribution is -1.94. The van der Waals surface area contributed by atoms with Crippen LogP contribution in [-0.2, 0) is 0 Å². The second-order valence-corrected chi connectivity index (χ2v) is 6.47. The van der Waals surface area contributed by atoms with E-state index in [4.69, 9.17) is 0 Å². The summed E-state index contributed by atoms with van der Waals surface area (Å²) >= 11 is 1.75. The molecule has 2 aromatic rings. The van der Waals surface area contributed by atoms with Crippen LogP contribution in [0.5, 0.6) is 0 Å². The minimum absolute atomic E-state index is 0.348. The summed E-state index contributed by atoms with van der Waals surface area (Å²) in [6.07, 6.45) is 0.405. The Morgan fingerprint density at radius 1 is 0.850 bits per heavy atom. The van der Waals surface area contributed by atoms with E-state index in [0.29, 0.717) is 5.92 Å². The largest absolute Gasteiger partial charge is 0.388 e. The van der Waals surface area contributed by atoms with Crippen molar-refractivity contribution >= 4 is 11.8 Å². The van der Waals surface area contributed by atoms with E-state index in [9.17, 15) is 5.11 Å². The van der Waals surface area contributed by atoms with Gasteiger partial charge in [0.1, 0.15) is 0 Å². The Hall–Kier alpha value is -1.25. The lowest BCUT2D eigenvalue weighted by atomic mass is 10.0. The van der Waals surface area contributed by atoms with Crippen molar-refractivity contribution in [3.05, 3.63) is 59.7 Å². The van der Waals surface area contributed by atoms with Crippen LogP contribution in [0.1, 0.15) is 50.3 Å². The SMILES string of the molecule is CCC(O)c1ccc(Sc2ccc(C(C)C)cc2)cc1. The van der Waals surface area contributed by atoms with E-state index in [-0.39, 0.29) is 6.10 Å². The van der Waals surface area contributed by atoms with Gasteiger partial charge in [0, 0.05) is 9.79 Å². The lowest BCUT2D eigenvalue weighted by molar-refractivity contribution is 0.173. The van der Waals surface area contributed by atoms with E-state index in [1.54, 1.807) is 11.8 Å². The molecule has 1 unspecified atom stereocenters. The molecular weight excluding hydrogens is 264 g/mol. The Morgan fingerprint density at radius 2 is 1.30 bits per heavy atom. The molecule has 1 atom stereocenters. The standard InChI is InChI=1S/C18H22OS/c1-4-18(19)15-7-11-17(12-8-15)20-16-9-5-14(6-10-16)13(2)3/h5-13,18-19H,4H2,1-3H3. The van der Waals surface area contributed by atoms with Crippen molar-refractivity contribution in [1.82, 2.24) is 0 Å². The molecule has 0 radical (unpaired) electrons. The summed E-state index contributed by atoms with van der Waals surface area (Å²) in [5, 5.41) is 9.79. The van der Waals surface area contributed by atoms with Crippen molar-refractivity contribution in [2.75, 3.05) is 0 Å². The third-order valence-electron chi connectivity index (χ3n) is 3.43. The first-order valence-electron chi connectivity index (χ1n) is 7.16. The van der Waals surface area contributed by atoms with Crippen LogP contribution in [0.15, 0.2) is 58.3 Å². The highest BCUT2D eigenvalue weighted by molar-refractivity contribution is 7.99. The first-order valence-corrected chi connectivity index (χ1v) is 7.97. The predicted molar refractivity (Wildman–Crippen MR) is 86.3 cm³/mol. The van der Waals surface area contributed by atoms with Crippen molar-refractivity contribution in [1.29, 1.82) is 0 Å². The molecule has 2 heteroatoms. The molecule has 1 N–H and O–H groups in total. The molecule has 0 aromatic heterocycles. The molecule has 0 bridgehead atoms. The summed E-state index contributed by atoms with van der Waals surface area (Å²) in [5.74, 6) is 0.573. The Kier molecular flexibility index (Phi) is 5.27. The Balaban J connectivity index is 2.06. The quantitative estimate of drug-likeness (QED) is 0.793. The number of hydrogen-bond acceptors (Lipinski definition) is 2. The van der Waals surface area contributed by atoms with Gasteiger partial charge >= 0.3 is 0 Å². The van der Waals surface area contributed by atoms with Crippen LogP contribution < -0.4 is 0 Å². The third kappa shape index (κ3) is 3.87. The van der Waals surface area contributed by atoms with E-state index in [1.807, 2.05) is 19.1 Å². The zero-order valence-electron chi connectivity index (χ0n) is 12.3. The molecule has 0 amide bonds. The number of rotatable bonds is 5. The maximum Gasteiger partial charge on any atom is 0.0787 e. The van der Waals surface area contributed by atoms with Gasteiger partial charge < -0.3 is 5.11 Å². The minimum atomic E-state index is -0.348. The van der Waals surface area contributed by atoms with Gasteiger partial charge in [-0.1, -0.05) is 56.8 Å². The highest BCUT2D eigenvalue weighted by Gasteiger charge is 2.05. The highest BCUT2D eigenvalue weighted by Crippen LogP contribution is 2.30. The van der Waals surface area contributed by atoms with Gasteiger partial charge in [-0.3, -0.25) is 0 Å². The van der Waals surface area contributed by atoms with Gasteiger partial charge in [0.2, 0.25) is 0 Å². The maximum absolute atomic E-state index is 9.79. The van der Waals surface area contributed by atoms with E-state index in [0.717, 1.165) is 12.0 Å². The van der Waals surface area contributed by atoms with Gasteiger partial charge in [-0.25, -0.2) is 0 Å². The Morgan fingerprint density at radius 3 is 1.70 bits per heavy atom. The van der Waals surface area contributed by atoms with Crippen LogP contribution >= 0.6 is 11.8 Å².